The average molecular weight is 314 g/mol. The van der Waals surface area contributed by atoms with E-state index in [0.29, 0.717) is 18.1 Å². The van der Waals surface area contributed by atoms with Crippen LogP contribution in [0.15, 0.2) is 24.3 Å². The Bertz CT molecular complexity index is 483. The van der Waals surface area contributed by atoms with Crippen LogP contribution in [0, 0.1) is 0 Å². The van der Waals surface area contributed by atoms with E-state index >= 15 is 0 Å². The fourth-order valence-electron chi connectivity index (χ4n) is 2.63. The van der Waals surface area contributed by atoms with Crippen molar-refractivity contribution in [3.63, 3.8) is 0 Å². The third-order valence-corrected chi connectivity index (χ3v) is 5.31. The highest BCUT2D eigenvalue weighted by atomic mass is 35.5. The number of hydrogen-bond acceptors (Lipinski definition) is 4. The lowest BCUT2D eigenvalue weighted by Gasteiger charge is -2.37. The first-order valence-electron chi connectivity index (χ1n) is 6.78. The Balaban J connectivity index is 2.18. The zero-order valence-corrected chi connectivity index (χ0v) is 13.2. The van der Waals surface area contributed by atoms with Gasteiger partial charge in [-0.1, -0.05) is 29.8 Å². The molecule has 0 amide bonds. The lowest BCUT2D eigenvalue weighted by atomic mass is 9.76. The molecule has 1 aliphatic rings. The molecule has 0 spiro atoms. The van der Waals surface area contributed by atoms with Gasteiger partial charge in [-0.3, -0.25) is 4.79 Å². The normalized spacial score (nSPS) is 26.8. The third-order valence-electron chi connectivity index (χ3n) is 3.73. The summed E-state index contributed by atoms with van der Waals surface area (Å²) in [6, 6.07) is 7.39. The van der Waals surface area contributed by atoms with Crippen molar-refractivity contribution in [2.24, 2.45) is 5.73 Å². The van der Waals surface area contributed by atoms with Crippen LogP contribution in [0.3, 0.4) is 0 Å². The van der Waals surface area contributed by atoms with Gasteiger partial charge in [0.25, 0.3) is 0 Å². The van der Waals surface area contributed by atoms with Gasteiger partial charge in [0.2, 0.25) is 0 Å². The maximum Gasteiger partial charge on any atom is 0.170 e. The minimum absolute atomic E-state index is 0.0554. The van der Waals surface area contributed by atoms with Crippen LogP contribution in [0.5, 0.6) is 0 Å². The number of hydrogen-bond donors (Lipinski definition) is 1. The van der Waals surface area contributed by atoms with Crippen molar-refractivity contribution >= 4 is 29.1 Å². The second-order valence-corrected chi connectivity index (χ2v) is 6.78. The number of ketones is 1. The molecule has 0 bridgehead atoms. The molecular weight excluding hydrogens is 294 g/mol. The smallest absolute Gasteiger partial charge is 0.170 e. The summed E-state index contributed by atoms with van der Waals surface area (Å²) >= 11 is 7.86. The van der Waals surface area contributed by atoms with E-state index in [9.17, 15) is 4.79 Å². The van der Waals surface area contributed by atoms with Crippen molar-refractivity contribution < 1.29 is 9.53 Å². The number of halogens is 1. The second kappa shape index (κ2) is 6.94. The molecule has 5 heteroatoms. The van der Waals surface area contributed by atoms with E-state index in [1.165, 1.54) is 0 Å². The Hall–Kier alpha value is -0.550. The molecule has 1 saturated carbocycles. The Morgan fingerprint density at radius 3 is 2.95 bits per heavy atom. The standard InChI is InChI=1S/C15H20ClNO2S/c1-19-9-10-20-13-7-4-8-15(17,14(13)18)11-5-2-3-6-12(11)16/h2-3,5-6,13H,4,7-10,17H2,1H3. The zero-order valence-electron chi connectivity index (χ0n) is 11.6. The van der Waals surface area contributed by atoms with Gasteiger partial charge in [0.15, 0.2) is 5.78 Å². The van der Waals surface area contributed by atoms with Crippen LogP contribution in [0.2, 0.25) is 5.02 Å². The monoisotopic (exact) mass is 313 g/mol. The highest BCUT2D eigenvalue weighted by molar-refractivity contribution is 8.00. The van der Waals surface area contributed by atoms with Crippen LogP contribution in [0.1, 0.15) is 24.8 Å². The quantitative estimate of drug-likeness (QED) is 0.849. The van der Waals surface area contributed by atoms with E-state index in [4.69, 9.17) is 22.1 Å². The van der Waals surface area contributed by atoms with Crippen molar-refractivity contribution in [3.8, 4) is 0 Å². The van der Waals surface area contributed by atoms with Crippen LogP contribution in [-0.2, 0) is 15.1 Å². The van der Waals surface area contributed by atoms with Crippen LogP contribution in [-0.4, -0.2) is 30.5 Å². The first-order valence-corrected chi connectivity index (χ1v) is 8.21. The molecule has 0 radical (unpaired) electrons. The molecule has 2 unspecified atom stereocenters. The minimum atomic E-state index is -0.943. The number of benzene rings is 1. The van der Waals surface area contributed by atoms with Gasteiger partial charge in [-0.2, -0.15) is 0 Å². The van der Waals surface area contributed by atoms with E-state index in [0.717, 1.165) is 24.2 Å². The fourth-order valence-corrected chi connectivity index (χ4v) is 4.18. The second-order valence-electron chi connectivity index (χ2n) is 5.06. The number of carbonyl (C=O) groups excluding carboxylic acids is 1. The van der Waals surface area contributed by atoms with E-state index < -0.39 is 5.54 Å². The number of ether oxygens (including phenoxy) is 1. The van der Waals surface area contributed by atoms with Crippen LogP contribution in [0.4, 0.5) is 0 Å². The average Bonchev–Trinajstić information content (AvgIpc) is 2.44. The van der Waals surface area contributed by atoms with Crippen molar-refractivity contribution in [3.05, 3.63) is 34.9 Å². The minimum Gasteiger partial charge on any atom is -0.384 e. The number of thioether (sulfide) groups is 1. The summed E-state index contributed by atoms with van der Waals surface area (Å²) in [6.07, 6.45) is 2.49. The van der Waals surface area contributed by atoms with Crippen molar-refractivity contribution in [1.82, 2.24) is 0 Å². The molecule has 2 N–H and O–H groups in total. The van der Waals surface area contributed by atoms with Gasteiger partial charge in [-0.05, 0) is 30.9 Å². The van der Waals surface area contributed by atoms with Crippen LogP contribution < -0.4 is 5.73 Å². The lowest BCUT2D eigenvalue weighted by Crippen LogP contribution is -2.52. The lowest BCUT2D eigenvalue weighted by molar-refractivity contribution is -0.125. The molecule has 3 nitrogen and oxygen atoms in total. The first-order chi connectivity index (χ1) is 9.59. The molecule has 1 fully saturated rings. The summed E-state index contributed by atoms with van der Waals surface area (Å²) in [5, 5.41) is 0.520. The van der Waals surface area contributed by atoms with E-state index in [1.807, 2.05) is 18.2 Å². The Morgan fingerprint density at radius 1 is 1.50 bits per heavy atom. The Kier molecular flexibility index (Phi) is 5.49. The van der Waals surface area contributed by atoms with E-state index in [2.05, 4.69) is 0 Å². The number of Topliss-reactive ketones (excluding diaryl/α,β-unsaturated/α-hetero) is 1. The van der Waals surface area contributed by atoms with Gasteiger partial charge in [-0.15, -0.1) is 11.8 Å². The number of methoxy groups -OCH3 is 1. The molecule has 0 heterocycles. The van der Waals surface area contributed by atoms with Gasteiger partial charge in [-0.25, -0.2) is 0 Å². The summed E-state index contributed by atoms with van der Waals surface area (Å²) in [4.78, 5) is 12.7. The Morgan fingerprint density at radius 2 is 2.25 bits per heavy atom. The highest BCUT2D eigenvalue weighted by Crippen LogP contribution is 2.39. The molecule has 0 aliphatic heterocycles. The van der Waals surface area contributed by atoms with Crippen molar-refractivity contribution in [2.45, 2.75) is 30.1 Å². The van der Waals surface area contributed by atoms with Gasteiger partial charge in [0, 0.05) is 17.9 Å². The molecular formula is C15H20ClNO2S. The van der Waals surface area contributed by atoms with Gasteiger partial charge < -0.3 is 10.5 Å². The molecule has 0 aromatic heterocycles. The maximum atomic E-state index is 12.7. The van der Waals surface area contributed by atoms with Gasteiger partial charge in [0.1, 0.15) is 5.54 Å². The van der Waals surface area contributed by atoms with E-state index in [-0.39, 0.29) is 11.0 Å². The fraction of sp³-hybridized carbons (Fsp3) is 0.533. The van der Waals surface area contributed by atoms with E-state index in [1.54, 1.807) is 24.9 Å². The molecule has 1 aromatic rings. The van der Waals surface area contributed by atoms with Crippen LogP contribution >= 0.6 is 23.4 Å². The molecule has 110 valence electrons. The summed E-state index contributed by atoms with van der Waals surface area (Å²) in [7, 11) is 1.67. The highest BCUT2D eigenvalue weighted by Gasteiger charge is 2.44. The predicted molar refractivity (Wildman–Crippen MR) is 84.3 cm³/mol. The topological polar surface area (TPSA) is 52.3 Å². The predicted octanol–water partition coefficient (Wildman–Crippen LogP) is 3.00. The number of nitrogens with two attached hydrogens (primary N) is 1. The summed E-state index contributed by atoms with van der Waals surface area (Å²) < 4.78 is 5.04. The maximum absolute atomic E-state index is 12.7. The first kappa shape index (κ1) is 15.8. The summed E-state index contributed by atoms with van der Waals surface area (Å²) in [5.41, 5.74) is 6.25. The van der Waals surface area contributed by atoms with Gasteiger partial charge in [0.05, 0.1) is 11.9 Å². The number of rotatable bonds is 5. The molecule has 2 rings (SSSR count). The van der Waals surface area contributed by atoms with Crippen molar-refractivity contribution in [2.75, 3.05) is 19.5 Å². The van der Waals surface area contributed by atoms with Crippen molar-refractivity contribution in [1.29, 1.82) is 0 Å². The number of carbonyl (C=O) groups is 1. The molecule has 20 heavy (non-hydrogen) atoms. The SMILES string of the molecule is COCCSC1CCCC(N)(c2ccccc2Cl)C1=O. The van der Waals surface area contributed by atoms with Crippen LogP contribution in [0.25, 0.3) is 0 Å². The largest absolute Gasteiger partial charge is 0.384 e. The molecule has 0 saturated heterocycles. The molecule has 2 atom stereocenters. The molecule has 1 aliphatic carbocycles. The van der Waals surface area contributed by atoms with Gasteiger partial charge >= 0.3 is 0 Å². The third kappa shape index (κ3) is 3.19. The summed E-state index contributed by atoms with van der Waals surface area (Å²) in [5.74, 6) is 0.906. The summed E-state index contributed by atoms with van der Waals surface area (Å²) in [6.45, 7) is 0.651. The zero-order chi connectivity index (χ0) is 14.6. The Labute approximate surface area is 129 Å². The molecule has 1 aromatic carbocycles.